The maximum Gasteiger partial charge on any atom is 0.189 e. The van der Waals surface area contributed by atoms with Crippen LogP contribution >= 0.6 is 0 Å². The van der Waals surface area contributed by atoms with Crippen molar-refractivity contribution in [2.75, 3.05) is 0 Å². The minimum Gasteiger partial charge on any atom is -0.475 e. The van der Waals surface area contributed by atoms with Gasteiger partial charge in [-0.1, -0.05) is 51.1 Å². The molecule has 2 heteroatoms. The van der Waals surface area contributed by atoms with Crippen LogP contribution in [0.5, 0.6) is 0 Å². The molecule has 1 heterocycles. The lowest BCUT2D eigenvalue weighted by atomic mass is 9.97. The summed E-state index contributed by atoms with van der Waals surface area (Å²) in [6.07, 6.45) is 0.136. The highest BCUT2D eigenvalue weighted by atomic mass is 16.5. The zero-order valence-corrected chi connectivity index (χ0v) is 10.4. The van der Waals surface area contributed by atoms with Gasteiger partial charge in [0.1, 0.15) is 12.1 Å². The molecule has 86 valence electrons. The van der Waals surface area contributed by atoms with Gasteiger partial charge < -0.3 is 4.74 Å². The Bertz CT molecular complexity index is 389. The molecule has 0 amide bonds. The van der Waals surface area contributed by atoms with Gasteiger partial charge >= 0.3 is 0 Å². The van der Waals surface area contributed by atoms with Gasteiger partial charge in [-0.2, -0.15) is 0 Å². The summed E-state index contributed by atoms with van der Waals surface area (Å²) in [6.45, 7) is 8.48. The van der Waals surface area contributed by atoms with Gasteiger partial charge in [-0.25, -0.2) is 4.99 Å². The molecule has 0 saturated heterocycles. The number of hydrogen-bond donors (Lipinski definition) is 0. The number of hydrogen-bond acceptors (Lipinski definition) is 2. The van der Waals surface area contributed by atoms with Crippen molar-refractivity contribution in [3.8, 4) is 0 Å². The lowest BCUT2D eigenvalue weighted by molar-refractivity contribution is 0.192. The van der Waals surface area contributed by atoms with Crippen LogP contribution in [0.3, 0.4) is 0 Å². The smallest absolute Gasteiger partial charge is 0.189 e. The highest BCUT2D eigenvalue weighted by Gasteiger charge is 2.34. The van der Waals surface area contributed by atoms with E-state index in [1.54, 1.807) is 0 Å². The molecule has 0 N–H and O–H groups in total. The van der Waals surface area contributed by atoms with E-state index in [0.717, 1.165) is 5.90 Å². The molecule has 2 nitrogen and oxygen atoms in total. The summed E-state index contributed by atoms with van der Waals surface area (Å²) in [5.41, 5.74) is 1.23. The summed E-state index contributed by atoms with van der Waals surface area (Å²) in [4.78, 5) is 4.70. The van der Waals surface area contributed by atoms with Crippen LogP contribution in [-0.4, -0.2) is 12.0 Å². The molecule has 16 heavy (non-hydrogen) atoms. The quantitative estimate of drug-likeness (QED) is 0.704. The Morgan fingerprint density at radius 3 is 2.25 bits per heavy atom. The van der Waals surface area contributed by atoms with E-state index in [1.165, 1.54) is 5.56 Å². The van der Waals surface area contributed by atoms with Crippen LogP contribution in [0.1, 0.15) is 39.3 Å². The van der Waals surface area contributed by atoms with Crippen LogP contribution in [0, 0.1) is 5.41 Å². The van der Waals surface area contributed by atoms with Crippen LogP contribution in [-0.2, 0) is 4.74 Å². The summed E-state index contributed by atoms with van der Waals surface area (Å²) in [5, 5.41) is 0. The third-order valence-corrected chi connectivity index (χ3v) is 2.78. The van der Waals surface area contributed by atoms with Crippen molar-refractivity contribution in [2.24, 2.45) is 10.4 Å². The predicted molar refractivity (Wildman–Crippen MR) is 66.6 cm³/mol. The first kappa shape index (κ1) is 11.2. The molecule has 0 aliphatic carbocycles. The zero-order valence-electron chi connectivity index (χ0n) is 10.4. The molecule has 1 aliphatic rings. The Labute approximate surface area is 97.4 Å². The molecule has 0 aromatic heterocycles. The zero-order chi connectivity index (χ0) is 11.8. The second kappa shape index (κ2) is 3.93. The van der Waals surface area contributed by atoms with Gasteiger partial charge in [0.05, 0.1) is 0 Å². The van der Waals surface area contributed by atoms with Crippen LogP contribution in [0.2, 0.25) is 0 Å². The molecule has 2 rings (SSSR count). The minimum absolute atomic E-state index is 0.00219. The largest absolute Gasteiger partial charge is 0.475 e. The number of benzene rings is 1. The van der Waals surface area contributed by atoms with Crippen LogP contribution in [0.25, 0.3) is 0 Å². The van der Waals surface area contributed by atoms with E-state index in [4.69, 9.17) is 9.73 Å². The second-order valence-corrected chi connectivity index (χ2v) is 5.36. The SMILES string of the molecule is C[C@H]1OC(C(C)(C)C)=N[C@H]1c1ccccc1. The maximum atomic E-state index is 5.84. The minimum atomic E-state index is -0.00219. The summed E-state index contributed by atoms with van der Waals surface area (Å²) in [5.74, 6) is 0.869. The van der Waals surface area contributed by atoms with Gasteiger partial charge in [0.2, 0.25) is 0 Å². The molecule has 0 saturated carbocycles. The van der Waals surface area contributed by atoms with Crippen molar-refractivity contribution >= 4 is 5.90 Å². The van der Waals surface area contributed by atoms with Gasteiger partial charge in [-0.3, -0.25) is 0 Å². The third-order valence-electron chi connectivity index (χ3n) is 2.78. The summed E-state index contributed by atoms with van der Waals surface area (Å²) >= 11 is 0. The molecular weight excluding hydrogens is 198 g/mol. The molecule has 0 unspecified atom stereocenters. The molecule has 1 aromatic carbocycles. The van der Waals surface area contributed by atoms with E-state index >= 15 is 0 Å². The van der Waals surface area contributed by atoms with E-state index in [2.05, 4.69) is 39.8 Å². The first-order valence-electron chi connectivity index (χ1n) is 5.78. The highest BCUT2D eigenvalue weighted by molar-refractivity contribution is 5.83. The Kier molecular flexibility index (Phi) is 2.75. The fourth-order valence-electron chi connectivity index (χ4n) is 1.87. The van der Waals surface area contributed by atoms with Gasteiger partial charge in [0.15, 0.2) is 5.90 Å². The van der Waals surface area contributed by atoms with Crippen molar-refractivity contribution in [1.29, 1.82) is 0 Å². The second-order valence-electron chi connectivity index (χ2n) is 5.36. The molecule has 0 fully saturated rings. The van der Waals surface area contributed by atoms with Gasteiger partial charge in [-0.05, 0) is 12.5 Å². The number of ether oxygens (including phenoxy) is 1. The summed E-state index contributed by atoms with van der Waals surface area (Å²) < 4.78 is 5.84. The Hall–Kier alpha value is -1.31. The average molecular weight is 217 g/mol. The van der Waals surface area contributed by atoms with E-state index in [-0.39, 0.29) is 17.6 Å². The first-order valence-corrected chi connectivity index (χ1v) is 5.78. The van der Waals surface area contributed by atoms with Crippen molar-refractivity contribution in [1.82, 2.24) is 0 Å². The van der Waals surface area contributed by atoms with Crippen molar-refractivity contribution < 1.29 is 4.74 Å². The van der Waals surface area contributed by atoms with Crippen LogP contribution in [0.15, 0.2) is 35.3 Å². The van der Waals surface area contributed by atoms with Crippen molar-refractivity contribution in [3.05, 3.63) is 35.9 Å². The Morgan fingerprint density at radius 2 is 1.75 bits per heavy atom. The monoisotopic (exact) mass is 217 g/mol. The Balaban J connectivity index is 2.28. The van der Waals surface area contributed by atoms with Gasteiger partial charge in [0, 0.05) is 5.41 Å². The van der Waals surface area contributed by atoms with Crippen LogP contribution < -0.4 is 0 Å². The Morgan fingerprint density at radius 1 is 1.12 bits per heavy atom. The first-order chi connectivity index (χ1) is 7.48. The number of aliphatic imine (C=N–C) groups is 1. The van der Waals surface area contributed by atoms with E-state index in [1.807, 2.05) is 18.2 Å². The molecule has 1 aliphatic heterocycles. The topological polar surface area (TPSA) is 21.6 Å². The molecule has 0 radical (unpaired) electrons. The maximum absolute atomic E-state index is 5.84. The highest BCUT2D eigenvalue weighted by Crippen LogP contribution is 2.33. The number of nitrogens with zero attached hydrogens (tertiary/aromatic N) is 1. The van der Waals surface area contributed by atoms with Crippen LogP contribution in [0.4, 0.5) is 0 Å². The van der Waals surface area contributed by atoms with Crippen molar-refractivity contribution in [3.63, 3.8) is 0 Å². The summed E-state index contributed by atoms with van der Waals surface area (Å²) in [7, 11) is 0. The molecule has 0 spiro atoms. The number of rotatable bonds is 1. The molecule has 0 bridgehead atoms. The van der Waals surface area contributed by atoms with Gasteiger partial charge in [0.25, 0.3) is 0 Å². The molecular formula is C14H19NO. The van der Waals surface area contributed by atoms with E-state index in [0.29, 0.717) is 0 Å². The summed E-state index contributed by atoms with van der Waals surface area (Å²) in [6, 6.07) is 10.5. The standard InChI is InChI=1S/C14H19NO/c1-10-12(11-8-6-5-7-9-11)15-13(16-10)14(2,3)4/h5-10,12H,1-4H3/t10-,12-/m1/s1. The normalized spacial score (nSPS) is 25.1. The van der Waals surface area contributed by atoms with E-state index in [9.17, 15) is 0 Å². The fourth-order valence-corrected chi connectivity index (χ4v) is 1.87. The molecule has 1 aromatic rings. The molecule has 2 atom stereocenters. The van der Waals surface area contributed by atoms with E-state index < -0.39 is 0 Å². The fraction of sp³-hybridized carbons (Fsp3) is 0.500. The predicted octanol–water partition coefficient (Wildman–Crippen LogP) is 3.59. The lowest BCUT2D eigenvalue weighted by Crippen LogP contribution is -2.22. The average Bonchev–Trinajstić information content (AvgIpc) is 2.61. The van der Waals surface area contributed by atoms with Gasteiger partial charge in [-0.15, -0.1) is 0 Å². The lowest BCUT2D eigenvalue weighted by Gasteiger charge is -2.18. The third kappa shape index (κ3) is 2.11. The van der Waals surface area contributed by atoms with Crippen molar-refractivity contribution in [2.45, 2.75) is 39.8 Å².